The third kappa shape index (κ3) is 4.36. The first-order valence-electron chi connectivity index (χ1n) is 8.26. The molecule has 0 unspecified atom stereocenters. The van der Waals surface area contributed by atoms with Gasteiger partial charge in [-0.05, 0) is 44.4 Å². The van der Waals surface area contributed by atoms with Gasteiger partial charge < -0.3 is 10.5 Å². The summed E-state index contributed by atoms with van der Waals surface area (Å²) in [7, 11) is -3.78. The Morgan fingerprint density at radius 1 is 1.24 bits per heavy atom. The van der Waals surface area contributed by atoms with Crippen LogP contribution >= 0.6 is 0 Å². The summed E-state index contributed by atoms with van der Waals surface area (Å²) in [5, 5.41) is 0. The van der Waals surface area contributed by atoms with Crippen LogP contribution in [0.1, 0.15) is 36.5 Å². The summed E-state index contributed by atoms with van der Waals surface area (Å²) in [6.45, 7) is 1.90. The molecule has 1 fully saturated rings. The number of ether oxygens (including phenoxy) is 1. The Bertz CT molecular complexity index is 821. The average molecular weight is 362 g/mol. The normalized spacial score (nSPS) is 21.2. The molecule has 1 saturated heterocycles. The smallest absolute Gasteiger partial charge is 0.297 e. The topological polar surface area (TPSA) is 91.5 Å². The number of anilines is 1. The largest absolute Gasteiger partial charge is 0.397 e. The number of benzene rings is 1. The van der Waals surface area contributed by atoms with Crippen LogP contribution in [0.15, 0.2) is 47.6 Å². The van der Waals surface area contributed by atoms with E-state index in [1.807, 2.05) is 13.0 Å². The van der Waals surface area contributed by atoms with Gasteiger partial charge in [0.05, 0.1) is 35.6 Å². The first-order valence-corrected chi connectivity index (χ1v) is 9.67. The molecule has 1 aromatic heterocycles. The molecule has 3 rings (SSSR count). The summed E-state index contributed by atoms with van der Waals surface area (Å²) in [5.41, 5.74) is 8.43. The molecule has 7 heteroatoms. The zero-order chi connectivity index (χ0) is 17.9. The van der Waals surface area contributed by atoms with Crippen molar-refractivity contribution in [1.29, 1.82) is 0 Å². The van der Waals surface area contributed by atoms with Gasteiger partial charge in [0, 0.05) is 11.8 Å². The van der Waals surface area contributed by atoms with Crippen LogP contribution in [-0.2, 0) is 19.0 Å². The molecule has 2 N–H and O–H groups in total. The van der Waals surface area contributed by atoms with Crippen LogP contribution < -0.4 is 5.73 Å². The molecule has 2 aromatic rings. The first-order chi connectivity index (χ1) is 12.0. The van der Waals surface area contributed by atoms with Gasteiger partial charge in [0.25, 0.3) is 10.1 Å². The Morgan fingerprint density at radius 2 is 2.00 bits per heavy atom. The van der Waals surface area contributed by atoms with Crippen LogP contribution in [-0.4, -0.2) is 26.1 Å². The number of nitrogen functional groups attached to an aromatic ring is 1. The summed E-state index contributed by atoms with van der Waals surface area (Å²) in [6, 6.07) is 8.43. The third-order valence-corrected chi connectivity index (χ3v) is 5.60. The molecule has 2 atom stereocenters. The highest BCUT2D eigenvalue weighted by Gasteiger charge is 2.27. The maximum atomic E-state index is 12.3. The number of pyridine rings is 1. The number of aromatic nitrogens is 1. The Labute approximate surface area is 148 Å². The standard InChI is InChI=1S/C18H22N2O4S/c1-13-5-7-15(8-6-13)25(21,22)23-12-14-3-2-4-18(24-14)16-9-10-20-11-17(16)19/h5-11,14,18H,2-4,12,19H2,1H3/t14-,18+/m1/s1. The van der Waals surface area contributed by atoms with Crippen LogP contribution in [0, 0.1) is 6.92 Å². The summed E-state index contributed by atoms with van der Waals surface area (Å²) in [5.74, 6) is 0. The van der Waals surface area contributed by atoms with Gasteiger partial charge in [-0.2, -0.15) is 8.42 Å². The van der Waals surface area contributed by atoms with E-state index in [1.165, 1.54) is 0 Å². The first kappa shape index (κ1) is 17.8. The maximum Gasteiger partial charge on any atom is 0.297 e. The van der Waals surface area contributed by atoms with E-state index >= 15 is 0 Å². The van der Waals surface area contributed by atoms with Crippen molar-refractivity contribution in [3.05, 3.63) is 53.9 Å². The highest BCUT2D eigenvalue weighted by atomic mass is 32.2. The molecule has 0 spiro atoms. The van der Waals surface area contributed by atoms with E-state index in [2.05, 4.69) is 4.98 Å². The Hall–Kier alpha value is -1.96. The summed E-state index contributed by atoms with van der Waals surface area (Å²) >= 11 is 0. The number of nitrogens with two attached hydrogens (primary N) is 1. The molecule has 6 nitrogen and oxygen atoms in total. The number of hydrogen-bond donors (Lipinski definition) is 1. The van der Waals surface area contributed by atoms with Crippen LogP contribution in [0.25, 0.3) is 0 Å². The second-order valence-electron chi connectivity index (χ2n) is 6.23. The SMILES string of the molecule is Cc1ccc(S(=O)(=O)OC[C@H]2CCC[C@@H](c3ccncc3N)O2)cc1. The molecule has 0 saturated carbocycles. The zero-order valence-corrected chi connectivity index (χ0v) is 14.9. The van der Waals surface area contributed by atoms with E-state index in [9.17, 15) is 8.42 Å². The molecular formula is C18H22N2O4S. The molecule has 25 heavy (non-hydrogen) atoms. The Kier molecular flexibility index (Phi) is 5.36. The van der Waals surface area contributed by atoms with Crippen LogP contribution in [0.5, 0.6) is 0 Å². The molecule has 0 bridgehead atoms. The van der Waals surface area contributed by atoms with Crippen molar-refractivity contribution in [2.24, 2.45) is 0 Å². The number of nitrogens with zero attached hydrogens (tertiary/aromatic N) is 1. The predicted octanol–water partition coefficient (Wildman–Crippen LogP) is 2.99. The fourth-order valence-corrected chi connectivity index (χ4v) is 3.84. The van der Waals surface area contributed by atoms with Crippen molar-refractivity contribution in [3.8, 4) is 0 Å². The van der Waals surface area contributed by atoms with Gasteiger partial charge in [0.15, 0.2) is 0 Å². The zero-order valence-electron chi connectivity index (χ0n) is 14.1. The minimum atomic E-state index is -3.78. The molecule has 134 valence electrons. The van der Waals surface area contributed by atoms with E-state index < -0.39 is 10.1 Å². The van der Waals surface area contributed by atoms with Gasteiger partial charge in [-0.3, -0.25) is 9.17 Å². The van der Waals surface area contributed by atoms with E-state index in [0.717, 1.165) is 30.4 Å². The summed E-state index contributed by atoms with van der Waals surface area (Å²) in [4.78, 5) is 4.14. The van der Waals surface area contributed by atoms with Crippen molar-refractivity contribution >= 4 is 15.8 Å². The van der Waals surface area contributed by atoms with Gasteiger partial charge in [0.1, 0.15) is 0 Å². The summed E-state index contributed by atoms with van der Waals surface area (Å²) in [6.07, 6.45) is 5.35. The highest BCUT2D eigenvalue weighted by Crippen LogP contribution is 2.34. The Morgan fingerprint density at radius 3 is 2.72 bits per heavy atom. The van der Waals surface area contributed by atoms with Crippen molar-refractivity contribution in [2.75, 3.05) is 12.3 Å². The highest BCUT2D eigenvalue weighted by molar-refractivity contribution is 7.86. The van der Waals surface area contributed by atoms with Gasteiger partial charge in [0.2, 0.25) is 0 Å². The third-order valence-electron chi connectivity index (χ3n) is 4.30. The van der Waals surface area contributed by atoms with Crippen molar-refractivity contribution in [1.82, 2.24) is 4.98 Å². The lowest BCUT2D eigenvalue weighted by molar-refractivity contribution is -0.0681. The molecule has 0 aliphatic carbocycles. The van der Waals surface area contributed by atoms with E-state index in [0.29, 0.717) is 5.69 Å². The van der Waals surface area contributed by atoms with Gasteiger partial charge >= 0.3 is 0 Å². The molecule has 1 aliphatic rings. The second-order valence-corrected chi connectivity index (χ2v) is 7.85. The molecule has 1 aromatic carbocycles. The van der Waals surface area contributed by atoms with E-state index in [-0.39, 0.29) is 23.7 Å². The molecule has 0 radical (unpaired) electrons. The second kappa shape index (κ2) is 7.51. The summed E-state index contributed by atoms with van der Waals surface area (Å²) < 4.78 is 35.8. The lowest BCUT2D eigenvalue weighted by Crippen LogP contribution is -2.28. The monoisotopic (exact) mass is 362 g/mol. The minimum absolute atomic E-state index is 0.00228. The molecular weight excluding hydrogens is 340 g/mol. The van der Waals surface area contributed by atoms with Crippen LogP contribution in [0.3, 0.4) is 0 Å². The van der Waals surface area contributed by atoms with Crippen molar-refractivity contribution in [2.45, 2.75) is 43.3 Å². The number of hydrogen-bond acceptors (Lipinski definition) is 6. The van der Waals surface area contributed by atoms with E-state index in [4.69, 9.17) is 14.7 Å². The fraction of sp³-hybridized carbons (Fsp3) is 0.389. The molecule has 1 aliphatic heterocycles. The lowest BCUT2D eigenvalue weighted by Gasteiger charge is -2.30. The van der Waals surface area contributed by atoms with Gasteiger partial charge in [-0.25, -0.2) is 0 Å². The van der Waals surface area contributed by atoms with Gasteiger partial charge in [-0.15, -0.1) is 0 Å². The quantitative estimate of drug-likeness (QED) is 0.822. The Balaban J connectivity index is 1.63. The van der Waals surface area contributed by atoms with Crippen LogP contribution in [0.4, 0.5) is 5.69 Å². The maximum absolute atomic E-state index is 12.3. The fourth-order valence-electron chi connectivity index (χ4n) is 2.90. The van der Waals surface area contributed by atoms with E-state index in [1.54, 1.807) is 36.7 Å². The molecule has 2 heterocycles. The van der Waals surface area contributed by atoms with Crippen molar-refractivity contribution in [3.63, 3.8) is 0 Å². The minimum Gasteiger partial charge on any atom is -0.397 e. The number of rotatable bonds is 5. The average Bonchev–Trinajstić information content (AvgIpc) is 2.61. The van der Waals surface area contributed by atoms with Crippen LogP contribution in [0.2, 0.25) is 0 Å². The van der Waals surface area contributed by atoms with Gasteiger partial charge in [-0.1, -0.05) is 17.7 Å². The lowest BCUT2D eigenvalue weighted by atomic mass is 9.98. The predicted molar refractivity (Wildman–Crippen MR) is 94.4 cm³/mol. The van der Waals surface area contributed by atoms with Crippen molar-refractivity contribution < 1.29 is 17.3 Å². The number of aryl methyl sites for hydroxylation is 1. The molecule has 0 amide bonds.